The first kappa shape index (κ1) is 27.0. The number of aromatic nitrogens is 1. The molecule has 1 aliphatic heterocycles. The zero-order valence-corrected chi connectivity index (χ0v) is 23.8. The number of amides is 1. The van der Waals surface area contributed by atoms with Gasteiger partial charge in [0.15, 0.2) is 0 Å². The number of fused-ring (bicyclic) bond motifs is 1. The normalized spacial score (nSPS) is 13.8. The molecule has 0 N–H and O–H groups in total. The molecule has 0 bridgehead atoms. The van der Waals surface area contributed by atoms with Gasteiger partial charge >= 0.3 is 6.09 Å². The third-order valence-corrected chi connectivity index (χ3v) is 8.79. The molecule has 208 valence electrons. The molecule has 0 atom stereocenters. The van der Waals surface area contributed by atoms with E-state index in [0.717, 1.165) is 29.7 Å². The Morgan fingerprint density at radius 2 is 1.63 bits per heavy atom. The van der Waals surface area contributed by atoms with E-state index in [0.29, 0.717) is 32.0 Å². The predicted molar refractivity (Wildman–Crippen MR) is 161 cm³/mol. The maximum absolute atomic E-state index is 12.1. The summed E-state index contributed by atoms with van der Waals surface area (Å²) in [5.74, 6) is 1.52. The lowest BCUT2D eigenvalue weighted by Gasteiger charge is -2.30. The Bertz CT molecular complexity index is 1610. The lowest BCUT2D eigenvalue weighted by atomic mass is 9.90. The second-order valence-corrected chi connectivity index (χ2v) is 11.3. The molecule has 0 saturated carbocycles. The van der Waals surface area contributed by atoms with Crippen molar-refractivity contribution in [1.82, 2.24) is 10.1 Å². The van der Waals surface area contributed by atoms with Crippen molar-refractivity contribution in [3.05, 3.63) is 120 Å². The van der Waals surface area contributed by atoms with Crippen LogP contribution in [0.25, 0.3) is 10.8 Å². The van der Waals surface area contributed by atoms with Crippen molar-refractivity contribution in [2.75, 3.05) is 20.2 Å². The Hall–Kier alpha value is -4.23. The zero-order valence-electron chi connectivity index (χ0n) is 23.0. The number of ether oxygens (including phenoxy) is 2. The van der Waals surface area contributed by atoms with E-state index in [1.54, 1.807) is 16.7 Å². The monoisotopic (exact) mass is 564 g/mol. The third kappa shape index (κ3) is 6.10. The number of nitrogens with zero attached hydrogens (tertiary/aromatic N) is 2. The molecular formula is C34H32N2O4S. The number of hydrogen-bond acceptors (Lipinski definition) is 6. The molecule has 6 nitrogen and oxygen atoms in total. The van der Waals surface area contributed by atoms with Crippen LogP contribution in [0.3, 0.4) is 0 Å². The molecule has 0 spiro atoms. The third-order valence-electron chi connectivity index (χ3n) is 7.59. The van der Waals surface area contributed by atoms with Crippen LogP contribution in [0.5, 0.6) is 5.88 Å². The zero-order chi connectivity index (χ0) is 28.0. The van der Waals surface area contributed by atoms with Crippen LogP contribution < -0.4 is 4.74 Å². The highest BCUT2D eigenvalue weighted by Crippen LogP contribution is 2.41. The van der Waals surface area contributed by atoms with Gasteiger partial charge in [-0.1, -0.05) is 96.7 Å². The largest absolute Gasteiger partial charge is 0.470 e. The number of carbonyl (C=O) groups excluding carboxylic acids is 1. The maximum Gasteiger partial charge on any atom is 0.409 e. The topological polar surface area (TPSA) is 64.8 Å². The molecule has 0 aliphatic carbocycles. The van der Waals surface area contributed by atoms with Crippen molar-refractivity contribution >= 4 is 28.6 Å². The van der Waals surface area contributed by atoms with Gasteiger partial charge in [0.25, 0.3) is 5.88 Å². The fourth-order valence-corrected chi connectivity index (χ4v) is 6.52. The molecule has 0 radical (unpaired) electrons. The van der Waals surface area contributed by atoms with Crippen molar-refractivity contribution in [1.29, 1.82) is 0 Å². The first-order valence-electron chi connectivity index (χ1n) is 13.9. The highest BCUT2D eigenvalue weighted by Gasteiger charge is 2.31. The number of benzene rings is 4. The number of methoxy groups -OCH3 is 1. The maximum atomic E-state index is 12.1. The van der Waals surface area contributed by atoms with Gasteiger partial charge in [0.05, 0.1) is 12.7 Å². The van der Waals surface area contributed by atoms with Crippen LogP contribution in [0.2, 0.25) is 0 Å². The molecule has 6 rings (SSSR count). The summed E-state index contributed by atoms with van der Waals surface area (Å²) < 4.78 is 17.3. The first-order valence-corrected chi connectivity index (χ1v) is 14.7. The highest BCUT2D eigenvalue weighted by molar-refractivity contribution is 7.99. The van der Waals surface area contributed by atoms with Gasteiger partial charge in [-0.05, 0) is 52.0 Å². The average Bonchev–Trinajstić information content (AvgIpc) is 3.44. The summed E-state index contributed by atoms with van der Waals surface area (Å²) in [5.41, 5.74) is 3.24. The van der Waals surface area contributed by atoms with E-state index in [2.05, 4.69) is 65.8 Å². The Labute approximate surface area is 244 Å². The Morgan fingerprint density at radius 3 is 2.39 bits per heavy atom. The second kappa shape index (κ2) is 12.5. The van der Waals surface area contributed by atoms with Gasteiger partial charge in [0, 0.05) is 35.2 Å². The molecule has 41 heavy (non-hydrogen) atoms. The standard InChI is InChI=1S/C34H32N2O4S/c1-38-34(37)36-20-18-26(19-21-36)31-30(33(35-40-31)39-23-24-10-4-2-5-11-24)22-27-17-16-25-12-8-9-15-29(25)32(27)41-28-13-6-3-7-14-28/h2-17,26H,18-23H2,1H3. The van der Waals surface area contributed by atoms with Gasteiger partial charge < -0.3 is 18.9 Å². The molecule has 1 fully saturated rings. The van der Waals surface area contributed by atoms with Crippen molar-refractivity contribution in [3.8, 4) is 5.88 Å². The summed E-state index contributed by atoms with van der Waals surface area (Å²) in [7, 11) is 1.42. The van der Waals surface area contributed by atoms with Crippen LogP contribution in [-0.2, 0) is 17.8 Å². The van der Waals surface area contributed by atoms with Gasteiger partial charge in [-0.25, -0.2) is 4.79 Å². The lowest BCUT2D eigenvalue weighted by molar-refractivity contribution is 0.110. The molecule has 5 aromatic rings. The van der Waals surface area contributed by atoms with Crippen molar-refractivity contribution < 1.29 is 18.8 Å². The van der Waals surface area contributed by atoms with Gasteiger partial charge in [0.1, 0.15) is 12.4 Å². The molecule has 7 heteroatoms. The SMILES string of the molecule is COC(=O)N1CCC(c2onc(OCc3ccccc3)c2Cc2ccc3ccccc3c2Sc2ccccc2)CC1. The van der Waals surface area contributed by atoms with Crippen LogP contribution in [0, 0.1) is 0 Å². The van der Waals surface area contributed by atoms with Crippen LogP contribution in [0.15, 0.2) is 111 Å². The van der Waals surface area contributed by atoms with E-state index in [1.807, 2.05) is 36.4 Å². The van der Waals surface area contributed by atoms with E-state index < -0.39 is 0 Å². The molecular weight excluding hydrogens is 532 g/mol. The van der Waals surface area contributed by atoms with Crippen LogP contribution in [-0.4, -0.2) is 36.3 Å². The summed E-state index contributed by atoms with van der Waals surface area (Å²) in [4.78, 5) is 16.2. The van der Waals surface area contributed by atoms with Crippen LogP contribution >= 0.6 is 11.8 Å². The molecule has 1 amide bonds. The fraction of sp³-hybridized carbons (Fsp3) is 0.235. The molecule has 4 aromatic carbocycles. The minimum absolute atomic E-state index is 0.137. The summed E-state index contributed by atoms with van der Waals surface area (Å²) in [6.07, 6.45) is 1.89. The van der Waals surface area contributed by atoms with Crippen molar-refractivity contribution in [2.45, 2.75) is 41.6 Å². The summed E-state index contributed by atoms with van der Waals surface area (Å²) >= 11 is 1.78. The van der Waals surface area contributed by atoms with E-state index >= 15 is 0 Å². The van der Waals surface area contributed by atoms with Gasteiger partial charge in [-0.15, -0.1) is 0 Å². The van der Waals surface area contributed by atoms with Crippen molar-refractivity contribution in [3.63, 3.8) is 0 Å². The quantitative estimate of drug-likeness (QED) is 0.190. The van der Waals surface area contributed by atoms with E-state index in [4.69, 9.17) is 14.0 Å². The Morgan fingerprint density at radius 1 is 0.927 bits per heavy atom. The Balaban J connectivity index is 1.36. The smallest absolute Gasteiger partial charge is 0.409 e. The van der Waals surface area contributed by atoms with E-state index in [-0.39, 0.29) is 12.0 Å². The van der Waals surface area contributed by atoms with Crippen LogP contribution in [0.4, 0.5) is 4.79 Å². The van der Waals surface area contributed by atoms with Gasteiger partial charge in [-0.3, -0.25) is 0 Å². The minimum Gasteiger partial charge on any atom is -0.470 e. The number of rotatable bonds is 8. The highest BCUT2D eigenvalue weighted by atomic mass is 32.2. The van der Waals surface area contributed by atoms with Crippen molar-refractivity contribution in [2.24, 2.45) is 0 Å². The summed E-state index contributed by atoms with van der Waals surface area (Å²) in [6, 6.07) is 33.5. The minimum atomic E-state index is -0.285. The van der Waals surface area contributed by atoms with Gasteiger partial charge in [-0.2, -0.15) is 0 Å². The second-order valence-electron chi connectivity index (χ2n) is 10.2. The molecule has 1 aliphatic rings. The average molecular weight is 565 g/mol. The number of carbonyl (C=O) groups is 1. The molecule has 1 saturated heterocycles. The molecule has 2 heterocycles. The summed E-state index contributed by atoms with van der Waals surface area (Å²) in [6.45, 7) is 1.63. The fourth-order valence-electron chi connectivity index (χ4n) is 5.43. The Kier molecular flexibility index (Phi) is 8.23. The number of likely N-dealkylation sites (tertiary alicyclic amines) is 1. The van der Waals surface area contributed by atoms with Crippen LogP contribution in [0.1, 0.15) is 41.2 Å². The predicted octanol–water partition coefficient (Wildman–Crippen LogP) is 8.09. The first-order chi connectivity index (χ1) is 20.2. The molecule has 1 aromatic heterocycles. The van der Waals surface area contributed by atoms with E-state index in [1.165, 1.54) is 33.2 Å². The van der Waals surface area contributed by atoms with Gasteiger partial charge in [0.2, 0.25) is 0 Å². The lowest BCUT2D eigenvalue weighted by Crippen LogP contribution is -2.37. The number of hydrogen-bond donors (Lipinski definition) is 0. The number of piperidine rings is 1. The van der Waals surface area contributed by atoms with E-state index in [9.17, 15) is 4.79 Å². The molecule has 0 unspecified atom stereocenters. The summed E-state index contributed by atoms with van der Waals surface area (Å²) in [5, 5.41) is 6.86.